The average molecular weight is 330 g/mol. The van der Waals surface area contributed by atoms with Crippen LogP contribution in [0.2, 0.25) is 20.1 Å². The molecule has 0 aliphatic carbocycles. The van der Waals surface area contributed by atoms with Crippen molar-refractivity contribution >= 4 is 52.4 Å². The van der Waals surface area contributed by atoms with Gasteiger partial charge in [0.05, 0.1) is 21.7 Å². The maximum atomic E-state index is 10.5. The van der Waals surface area contributed by atoms with E-state index >= 15 is 0 Å². The molecule has 0 radical (unpaired) electrons. The third kappa shape index (κ3) is 3.69. The lowest BCUT2D eigenvalue weighted by atomic mass is 10.2. The van der Waals surface area contributed by atoms with E-state index < -0.39 is 5.97 Å². The molecule has 1 rings (SSSR count). The van der Waals surface area contributed by atoms with Crippen molar-refractivity contribution in [3.8, 4) is 5.75 Å². The Labute approximate surface area is 124 Å². The van der Waals surface area contributed by atoms with Crippen LogP contribution < -0.4 is 4.74 Å². The van der Waals surface area contributed by atoms with E-state index in [0.29, 0.717) is 0 Å². The molecule has 0 aromatic heterocycles. The highest BCUT2D eigenvalue weighted by Crippen LogP contribution is 2.41. The molecule has 18 heavy (non-hydrogen) atoms. The Morgan fingerprint density at radius 3 is 2.39 bits per heavy atom. The first-order valence-electron chi connectivity index (χ1n) is 4.71. The first kappa shape index (κ1) is 15.4. The number of carbonyl (C=O) groups is 1. The highest BCUT2D eigenvalue weighted by molar-refractivity contribution is 6.52. The van der Waals surface area contributed by atoms with Crippen LogP contribution in [0.5, 0.6) is 5.75 Å². The summed E-state index contributed by atoms with van der Waals surface area (Å²) in [7, 11) is 0. The Balaban J connectivity index is 2.75. The van der Waals surface area contributed by atoms with Gasteiger partial charge in [-0.3, -0.25) is 0 Å². The van der Waals surface area contributed by atoms with Crippen LogP contribution in [0.1, 0.15) is 6.42 Å². The van der Waals surface area contributed by atoms with Crippen LogP contribution >= 0.6 is 46.4 Å². The molecule has 0 atom stereocenters. The molecule has 0 heterocycles. The minimum absolute atomic E-state index is 0.0391. The summed E-state index contributed by atoms with van der Waals surface area (Å²) >= 11 is 23.4. The number of halogens is 4. The number of carboxylic acid groups (broad SMARTS) is 1. The molecule has 0 spiro atoms. The summed E-state index contributed by atoms with van der Waals surface area (Å²) < 4.78 is 5.29. The maximum Gasteiger partial charge on any atom is 0.331 e. The van der Waals surface area contributed by atoms with Gasteiger partial charge < -0.3 is 9.84 Å². The van der Waals surface area contributed by atoms with E-state index in [4.69, 9.17) is 56.2 Å². The molecule has 0 aliphatic heterocycles. The second kappa shape index (κ2) is 6.53. The minimum Gasteiger partial charge on any atom is -0.492 e. The minimum atomic E-state index is -1.07. The number of ether oxygens (including phenoxy) is 1. The van der Waals surface area contributed by atoms with Crippen molar-refractivity contribution < 1.29 is 14.6 Å². The summed E-state index contributed by atoms with van der Waals surface area (Å²) in [5.74, 6) is -0.828. The van der Waals surface area contributed by atoms with Gasteiger partial charge in [-0.1, -0.05) is 53.0 Å². The summed E-state index contributed by atoms with van der Waals surface area (Å²) in [6.45, 7) is 3.47. The standard InChI is InChI=1S/C11H8Cl4O3/c1-5(11(16)17)2-3-18-7-4-6(12)8(13)10(15)9(7)14/h4H,1-3H2,(H,16,17). The lowest BCUT2D eigenvalue weighted by Crippen LogP contribution is -2.05. The molecule has 0 aliphatic rings. The third-order valence-corrected chi connectivity index (χ3v) is 3.77. The molecule has 0 amide bonds. The Morgan fingerprint density at radius 2 is 1.83 bits per heavy atom. The van der Waals surface area contributed by atoms with Crippen molar-refractivity contribution in [2.75, 3.05) is 6.61 Å². The van der Waals surface area contributed by atoms with E-state index in [-0.39, 0.29) is 44.4 Å². The highest BCUT2D eigenvalue weighted by atomic mass is 35.5. The summed E-state index contributed by atoms with van der Waals surface area (Å²) in [6.07, 6.45) is 0.156. The van der Waals surface area contributed by atoms with E-state index in [0.717, 1.165) is 0 Å². The van der Waals surface area contributed by atoms with Crippen LogP contribution in [0.4, 0.5) is 0 Å². The van der Waals surface area contributed by atoms with Gasteiger partial charge in [0.2, 0.25) is 0 Å². The van der Waals surface area contributed by atoms with Crippen molar-refractivity contribution in [2.45, 2.75) is 6.42 Å². The topological polar surface area (TPSA) is 46.5 Å². The second-order valence-electron chi connectivity index (χ2n) is 3.31. The lowest BCUT2D eigenvalue weighted by molar-refractivity contribution is -0.132. The fourth-order valence-corrected chi connectivity index (χ4v) is 1.89. The Hall–Kier alpha value is -0.610. The van der Waals surface area contributed by atoms with Gasteiger partial charge in [0.1, 0.15) is 10.8 Å². The van der Waals surface area contributed by atoms with E-state index in [1.807, 2.05) is 0 Å². The number of hydrogen-bond acceptors (Lipinski definition) is 2. The highest BCUT2D eigenvalue weighted by Gasteiger charge is 2.14. The molecule has 7 heteroatoms. The Morgan fingerprint density at radius 1 is 1.22 bits per heavy atom. The molecule has 0 bridgehead atoms. The first-order valence-corrected chi connectivity index (χ1v) is 6.22. The van der Waals surface area contributed by atoms with E-state index in [1.165, 1.54) is 6.07 Å². The average Bonchev–Trinajstić information content (AvgIpc) is 2.32. The van der Waals surface area contributed by atoms with Crippen molar-refractivity contribution in [2.24, 2.45) is 0 Å². The van der Waals surface area contributed by atoms with Gasteiger partial charge in [0, 0.05) is 18.1 Å². The second-order valence-corrected chi connectivity index (χ2v) is 4.85. The van der Waals surface area contributed by atoms with Crippen molar-refractivity contribution in [1.82, 2.24) is 0 Å². The number of benzene rings is 1. The number of aliphatic carboxylic acids is 1. The zero-order chi connectivity index (χ0) is 13.9. The predicted octanol–water partition coefficient (Wildman–Crippen LogP) is 4.71. The molecule has 1 N–H and O–H groups in total. The van der Waals surface area contributed by atoms with Gasteiger partial charge >= 0.3 is 5.97 Å². The van der Waals surface area contributed by atoms with Crippen LogP contribution in [0.25, 0.3) is 0 Å². The molecule has 1 aromatic rings. The molecule has 0 saturated heterocycles. The van der Waals surface area contributed by atoms with Gasteiger partial charge in [-0.25, -0.2) is 4.79 Å². The quantitative estimate of drug-likeness (QED) is 0.483. The first-order chi connectivity index (χ1) is 8.34. The Kier molecular flexibility index (Phi) is 5.60. The van der Waals surface area contributed by atoms with Crippen molar-refractivity contribution in [1.29, 1.82) is 0 Å². The van der Waals surface area contributed by atoms with Gasteiger partial charge in [-0.2, -0.15) is 0 Å². The molecule has 0 unspecified atom stereocenters. The van der Waals surface area contributed by atoms with Gasteiger partial charge in [-0.05, 0) is 0 Å². The van der Waals surface area contributed by atoms with E-state index in [2.05, 4.69) is 6.58 Å². The molecular formula is C11H8Cl4O3. The van der Waals surface area contributed by atoms with Gasteiger partial charge in [0.25, 0.3) is 0 Å². The Bertz CT molecular complexity index is 500. The molecule has 1 aromatic carbocycles. The summed E-state index contributed by atoms with van der Waals surface area (Å²) in [4.78, 5) is 10.5. The SMILES string of the molecule is C=C(CCOc1cc(Cl)c(Cl)c(Cl)c1Cl)C(=O)O. The van der Waals surface area contributed by atoms with E-state index in [9.17, 15) is 4.79 Å². The van der Waals surface area contributed by atoms with Crippen LogP contribution in [0.15, 0.2) is 18.2 Å². The summed E-state index contributed by atoms with van der Waals surface area (Å²) in [5.41, 5.74) is 0.0391. The lowest BCUT2D eigenvalue weighted by Gasteiger charge is -2.11. The fraction of sp³-hybridized carbons (Fsp3) is 0.182. The summed E-state index contributed by atoms with van der Waals surface area (Å²) in [6, 6.07) is 1.42. The number of rotatable bonds is 5. The number of carboxylic acids is 1. The monoisotopic (exact) mass is 328 g/mol. The largest absolute Gasteiger partial charge is 0.492 e. The normalized spacial score (nSPS) is 10.2. The van der Waals surface area contributed by atoms with Crippen LogP contribution in [-0.2, 0) is 4.79 Å². The summed E-state index contributed by atoms with van der Waals surface area (Å²) in [5, 5.41) is 9.20. The zero-order valence-corrected chi connectivity index (χ0v) is 12.0. The van der Waals surface area contributed by atoms with Crippen LogP contribution in [0, 0.1) is 0 Å². The fourth-order valence-electron chi connectivity index (χ4n) is 1.05. The van der Waals surface area contributed by atoms with Crippen LogP contribution in [-0.4, -0.2) is 17.7 Å². The molecular weight excluding hydrogens is 322 g/mol. The molecule has 98 valence electrons. The molecule has 0 saturated carbocycles. The smallest absolute Gasteiger partial charge is 0.331 e. The number of hydrogen-bond donors (Lipinski definition) is 1. The van der Waals surface area contributed by atoms with Crippen LogP contribution in [0.3, 0.4) is 0 Å². The third-order valence-electron chi connectivity index (χ3n) is 2.03. The van der Waals surface area contributed by atoms with E-state index in [1.54, 1.807) is 0 Å². The molecule has 0 fully saturated rings. The van der Waals surface area contributed by atoms with Gasteiger partial charge in [-0.15, -0.1) is 0 Å². The predicted molar refractivity (Wildman–Crippen MR) is 73.4 cm³/mol. The van der Waals surface area contributed by atoms with Crippen molar-refractivity contribution in [3.63, 3.8) is 0 Å². The van der Waals surface area contributed by atoms with Crippen molar-refractivity contribution in [3.05, 3.63) is 38.3 Å². The zero-order valence-electron chi connectivity index (χ0n) is 8.97. The molecule has 3 nitrogen and oxygen atoms in total. The van der Waals surface area contributed by atoms with Gasteiger partial charge in [0.15, 0.2) is 0 Å². The maximum absolute atomic E-state index is 10.5.